The predicted molar refractivity (Wildman–Crippen MR) is 94.5 cm³/mol. The number of benzene rings is 2. The van der Waals surface area contributed by atoms with E-state index in [0.29, 0.717) is 17.5 Å². The predicted octanol–water partition coefficient (Wildman–Crippen LogP) is 5.42. The zero-order valence-electron chi connectivity index (χ0n) is 14.2. The summed E-state index contributed by atoms with van der Waals surface area (Å²) in [6, 6.07) is 5.33. The first-order valence-corrected chi connectivity index (χ1v) is 8.96. The summed E-state index contributed by atoms with van der Waals surface area (Å²) in [6.07, 6.45) is 0.399. The zero-order valence-corrected chi connectivity index (χ0v) is 15.8. The van der Waals surface area contributed by atoms with Gasteiger partial charge < -0.3 is 5.11 Å². The summed E-state index contributed by atoms with van der Waals surface area (Å²) in [5.74, 6) is -4.61. The summed E-state index contributed by atoms with van der Waals surface area (Å²) in [5, 5.41) is 9.74. The zero-order chi connectivity index (χ0) is 19.2. The van der Waals surface area contributed by atoms with Gasteiger partial charge in [-0.25, -0.2) is 17.6 Å². The van der Waals surface area contributed by atoms with Crippen molar-refractivity contribution in [2.45, 2.75) is 38.3 Å². The van der Waals surface area contributed by atoms with Crippen LogP contribution in [0.2, 0.25) is 0 Å². The lowest BCUT2D eigenvalue weighted by Crippen LogP contribution is -2.47. The Morgan fingerprint density at radius 3 is 2.38 bits per heavy atom. The molecule has 140 valence electrons. The van der Waals surface area contributed by atoms with Crippen LogP contribution in [0.3, 0.4) is 0 Å². The minimum atomic E-state index is -3.02. The molecule has 0 amide bonds. The van der Waals surface area contributed by atoms with Gasteiger partial charge in [-0.05, 0) is 48.7 Å². The molecule has 0 bridgehead atoms. The van der Waals surface area contributed by atoms with Gasteiger partial charge in [-0.15, -0.1) is 0 Å². The van der Waals surface area contributed by atoms with Crippen LogP contribution in [0.5, 0.6) is 5.75 Å². The molecule has 0 radical (unpaired) electrons. The van der Waals surface area contributed by atoms with Crippen molar-refractivity contribution in [2.24, 2.45) is 0 Å². The van der Waals surface area contributed by atoms with Gasteiger partial charge in [0.05, 0.1) is 12.6 Å². The number of hydrogen-bond acceptors (Lipinski definition) is 2. The molecule has 0 aromatic heterocycles. The van der Waals surface area contributed by atoms with Gasteiger partial charge in [-0.1, -0.05) is 22.0 Å². The van der Waals surface area contributed by atoms with Crippen LogP contribution in [-0.4, -0.2) is 28.5 Å². The highest BCUT2D eigenvalue weighted by Gasteiger charge is 2.40. The number of hydrogen-bond donors (Lipinski definition) is 1. The molecular formula is C19H18BrF4NO. The van der Waals surface area contributed by atoms with Crippen molar-refractivity contribution in [3.8, 4) is 5.75 Å². The first-order valence-electron chi connectivity index (χ1n) is 8.16. The molecule has 26 heavy (non-hydrogen) atoms. The first kappa shape index (κ1) is 19.2. The number of phenolic OH excluding ortho intramolecular Hbond substituents is 1. The summed E-state index contributed by atoms with van der Waals surface area (Å²) >= 11 is 3.04. The van der Waals surface area contributed by atoms with Crippen molar-refractivity contribution in [1.29, 1.82) is 0 Å². The molecule has 0 aliphatic carbocycles. The van der Waals surface area contributed by atoms with Crippen molar-refractivity contribution >= 4 is 15.9 Å². The van der Waals surface area contributed by atoms with Crippen molar-refractivity contribution in [3.05, 3.63) is 63.1 Å². The molecule has 0 spiro atoms. The number of fused-ring (bicyclic) bond motifs is 1. The summed E-state index contributed by atoms with van der Waals surface area (Å²) in [4.78, 5) is 1.43. The standard InChI is InChI=1S/C19H18BrF4NO/c1-10-5-11-6-13(26)3-4-14(11)18(25(10)9-19(2,23)24)17-15(21)7-12(20)8-16(17)22/h3-4,6-8,10,18,26H,5,9H2,1-2H3/t10-,18?/m1/s1. The van der Waals surface area contributed by atoms with Crippen molar-refractivity contribution in [2.75, 3.05) is 6.54 Å². The Morgan fingerprint density at radius 1 is 1.19 bits per heavy atom. The average molecular weight is 432 g/mol. The van der Waals surface area contributed by atoms with Gasteiger partial charge in [0, 0.05) is 23.0 Å². The monoisotopic (exact) mass is 431 g/mol. The van der Waals surface area contributed by atoms with E-state index in [1.807, 2.05) is 0 Å². The van der Waals surface area contributed by atoms with Crippen LogP contribution >= 0.6 is 15.9 Å². The summed E-state index contributed by atoms with van der Waals surface area (Å²) in [5.41, 5.74) is 0.945. The lowest BCUT2D eigenvalue weighted by molar-refractivity contribution is -0.0371. The lowest BCUT2D eigenvalue weighted by Gasteiger charge is -2.43. The molecule has 1 N–H and O–H groups in total. The molecule has 7 heteroatoms. The van der Waals surface area contributed by atoms with E-state index in [4.69, 9.17) is 0 Å². The van der Waals surface area contributed by atoms with E-state index in [1.165, 1.54) is 17.0 Å². The average Bonchev–Trinajstić information content (AvgIpc) is 2.47. The highest BCUT2D eigenvalue weighted by atomic mass is 79.9. The van der Waals surface area contributed by atoms with Gasteiger partial charge >= 0.3 is 0 Å². The van der Waals surface area contributed by atoms with Crippen LogP contribution in [0.1, 0.15) is 36.6 Å². The fourth-order valence-corrected chi connectivity index (χ4v) is 4.01. The van der Waals surface area contributed by atoms with Crippen LogP contribution in [0.4, 0.5) is 17.6 Å². The Kier molecular flexibility index (Phi) is 5.05. The van der Waals surface area contributed by atoms with Crippen molar-refractivity contribution < 1.29 is 22.7 Å². The highest BCUT2D eigenvalue weighted by Crippen LogP contribution is 2.42. The number of nitrogens with zero attached hydrogens (tertiary/aromatic N) is 1. The third-order valence-corrected chi connectivity index (χ3v) is 5.07. The molecule has 2 atom stereocenters. The maximum absolute atomic E-state index is 14.7. The quantitative estimate of drug-likeness (QED) is 0.655. The minimum Gasteiger partial charge on any atom is -0.508 e. The number of halogens is 5. The van der Waals surface area contributed by atoms with Crippen LogP contribution in [-0.2, 0) is 6.42 Å². The number of phenols is 1. The molecule has 1 aliphatic heterocycles. The normalized spacial score (nSPS) is 20.9. The van der Waals surface area contributed by atoms with Crippen LogP contribution in [0.15, 0.2) is 34.8 Å². The molecule has 1 unspecified atom stereocenters. The SMILES string of the molecule is C[C@@H]1Cc2cc(O)ccc2C(c2c(F)cc(Br)cc2F)N1CC(C)(F)F. The van der Waals surface area contributed by atoms with E-state index in [-0.39, 0.29) is 21.8 Å². The van der Waals surface area contributed by atoms with Gasteiger partial charge in [0.15, 0.2) is 0 Å². The van der Waals surface area contributed by atoms with Crippen LogP contribution < -0.4 is 0 Å². The second kappa shape index (κ2) is 6.85. The van der Waals surface area contributed by atoms with Crippen LogP contribution in [0.25, 0.3) is 0 Å². The fourth-order valence-electron chi connectivity index (χ4n) is 3.61. The maximum Gasteiger partial charge on any atom is 0.257 e. The Balaban J connectivity index is 2.22. The van der Waals surface area contributed by atoms with Gasteiger partial charge in [0.2, 0.25) is 0 Å². The molecule has 0 saturated heterocycles. The van der Waals surface area contributed by atoms with E-state index >= 15 is 0 Å². The third kappa shape index (κ3) is 3.74. The highest BCUT2D eigenvalue weighted by molar-refractivity contribution is 9.10. The Bertz CT molecular complexity index is 814. The van der Waals surface area contributed by atoms with Crippen molar-refractivity contribution in [3.63, 3.8) is 0 Å². The Morgan fingerprint density at radius 2 is 1.81 bits per heavy atom. The molecule has 2 aromatic carbocycles. The van der Waals surface area contributed by atoms with E-state index in [1.54, 1.807) is 13.0 Å². The van der Waals surface area contributed by atoms with Gasteiger partial charge in [0.25, 0.3) is 5.92 Å². The molecular weight excluding hydrogens is 414 g/mol. The van der Waals surface area contributed by atoms with Gasteiger partial charge in [-0.3, -0.25) is 4.90 Å². The smallest absolute Gasteiger partial charge is 0.257 e. The summed E-state index contributed by atoms with van der Waals surface area (Å²) in [7, 11) is 0. The minimum absolute atomic E-state index is 0.0284. The van der Waals surface area contributed by atoms with Gasteiger partial charge in [0.1, 0.15) is 17.4 Å². The van der Waals surface area contributed by atoms with Crippen LogP contribution in [0, 0.1) is 11.6 Å². The molecule has 2 nitrogen and oxygen atoms in total. The van der Waals surface area contributed by atoms with E-state index in [0.717, 1.165) is 19.1 Å². The topological polar surface area (TPSA) is 23.5 Å². The number of rotatable bonds is 3. The first-order chi connectivity index (χ1) is 12.1. The molecule has 1 heterocycles. The molecule has 3 rings (SSSR count). The van der Waals surface area contributed by atoms with E-state index < -0.39 is 30.1 Å². The summed E-state index contributed by atoms with van der Waals surface area (Å²) < 4.78 is 57.2. The van der Waals surface area contributed by atoms with Crippen molar-refractivity contribution in [1.82, 2.24) is 4.90 Å². The molecule has 0 saturated carbocycles. The van der Waals surface area contributed by atoms with E-state index in [9.17, 15) is 22.7 Å². The Labute approximate surface area is 157 Å². The maximum atomic E-state index is 14.7. The van der Waals surface area contributed by atoms with E-state index in [2.05, 4.69) is 15.9 Å². The molecule has 1 aliphatic rings. The van der Waals surface area contributed by atoms with Gasteiger partial charge in [-0.2, -0.15) is 0 Å². The molecule has 0 fully saturated rings. The Hall–Kier alpha value is -1.60. The number of aromatic hydroxyl groups is 1. The number of alkyl halides is 2. The second-order valence-corrected chi connectivity index (χ2v) is 7.78. The second-order valence-electron chi connectivity index (χ2n) is 6.86. The largest absolute Gasteiger partial charge is 0.508 e. The summed E-state index contributed by atoms with van der Waals surface area (Å²) in [6.45, 7) is 1.89. The fraction of sp³-hybridized carbons (Fsp3) is 0.368. The lowest BCUT2D eigenvalue weighted by atomic mass is 9.84. The molecule has 2 aromatic rings. The third-order valence-electron chi connectivity index (χ3n) is 4.61.